The van der Waals surface area contributed by atoms with E-state index in [4.69, 9.17) is 11.6 Å². The molecule has 0 saturated heterocycles. The van der Waals surface area contributed by atoms with Gasteiger partial charge in [-0.3, -0.25) is 9.36 Å². The Hall–Kier alpha value is -4.19. The zero-order valence-corrected chi connectivity index (χ0v) is 19.6. The maximum Gasteiger partial charge on any atom is 0.406 e. The van der Waals surface area contributed by atoms with Gasteiger partial charge < -0.3 is 16.0 Å². The first kappa shape index (κ1) is 25.9. The van der Waals surface area contributed by atoms with Crippen LogP contribution in [0.15, 0.2) is 59.5 Å². The Labute approximate surface area is 210 Å². The Morgan fingerprint density at radius 1 is 1.05 bits per heavy atom. The Kier molecular flexibility index (Phi) is 7.03. The van der Waals surface area contributed by atoms with Gasteiger partial charge in [-0.2, -0.15) is 13.2 Å². The predicted octanol–water partition coefficient (Wildman–Crippen LogP) is 6.24. The zero-order valence-electron chi connectivity index (χ0n) is 18.9. The number of amides is 2. The standard InChI is InChI=1S/C24H17ClF5N5O2/c1-31-21-9-20-12(10-32-21)5-16(22(36)35(20)11-24(28,29)30)15-7-19(18(27)8-17(15)25)34-23(37)33-14-4-2-3-13(26)6-14/h2-10H,11H2,1H3,(H,31,32)(H2,33,34,37). The van der Waals surface area contributed by atoms with Gasteiger partial charge in [0.05, 0.1) is 16.2 Å². The number of hydrogen-bond donors (Lipinski definition) is 3. The maximum absolute atomic E-state index is 14.6. The van der Waals surface area contributed by atoms with Gasteiger partial charge >= 0.3 is 12.2 Å². The third kappa shape index (κ3) is 5.80. The number of anilines is 3. The van der Waals surface area contributed by atoms with Crippen molar-refractivity contribution >= 4 is 45.7 Å². The van der Waals surface area contributed by atoms with Crippen molar-refractivity contribution in [2.75, 3.05) is 23.0 Å². The van der Waals surface area contributed by atoms with E-state index in [0.717, 1.165) is 18.2 Å². The minimum Gasteiger partial charge on any atom is -0.373 e. The average molecular weight is 538 g/mol. The number of aromatic nitrogens is 2. The monoisotopic (exact) mass is 537 g/mol. The minimum absolute atomic E-state index is 0.0310. The summed E-state index contributed by atoms with van der Waals surface area (Å²) in [6.07, 6.45) is -3.45. The van der Waals surface area contributed by atoms with Gasteiger partial charge in [-0.1, -0.05) is 17.7 Å². The van der Waals surface area contributed by atoms with E-state index < -0.39 is 41.6 Å². The molecule has 4 rings (SSSR count). The summed E-state index contributed by atoms with van der Waals surface area (Å²) in [6.45, 7) is -1.59. The van der Waals surface area contributed by atoms with E-state index in [9.17, 15) is 31.5 Å². The first-order chi connectivity index (χ1) is 17.4. The summed E-state index contributed by atoms with van der Waals surface area (Å²) in [5.74, 6) is -1.34. The predicted molar refractivity (Wildman–Crippen MR) is 131 cm³/mol. The molecule has 13 heteroatoms. The second-order valence-electron chi connectivity index (χ2n) is 7.84. The molecular weight excluding hydrogens is 521 g/mol. The summed E-state index contributed by atoms with van der Waals surface area (Å²) in [7, 11) is 1.52. The number of halogens is 6. The highest BCUT2D eigenvalue weighted by Gasteiger charge is 2.30. The minimum atomic E-state index is -4.73. The van der Waals surface area contributed by atoms with Crippen LogP contribution in [0.4, 0.5) is 43.9 Å². The summed E-state index contributed by atoms with van der Waals surface area (Å²) < 4.78 is 68.6. The van der Waals surface area contributed by atoms with Crippen molar-refractivity contribution in [2.45, 2.75) is 12.7 Å². The Bertz CT molecular complexity index is 1570. The largest absolute Gasteiger partial charge is 0.406 e. The quantitative estimate of drug-likeness (QED) is 0.263. The number of nitrogens with one attached hydrogen (secondary N) is 3. The SMILES string of the molecule is CNc1cc2c(cn1)cc(-c1cc(NC(=O)Nc3cccc(F)c3)c(F)cc1Cl)c(=O)n2CC(F)(F)F. The van der Waals surface area contributed by atoms with Gasteiger partial charge in [0.1, 0.15) is 24.0 Å². The van der Waals surface area contributed by atoms with Crippen molar-refractivity contribution in [3.63, 3.8) is 0 Å². The van der Waals surface area contributed by atoms with Crippen LogP contribution in [0.2, 0.25) is 5.02 Å². The number of rotatable bonds is 5. The lowest BCUT2D eigenvalue weighted by molar-refractivity contribution is -0.140. The molecule has 0 bridgehead atoms. The molecule has 37 heavy (non-hydrogen) atoms. The lowest BCUT2D eigenvalue weighted by Gasteiger charge is -2.17. The first-order valence-corrected chi connectivity index (χ1v) is 10.9. The van der Waals surface area contributed by atoms with Crippen LogP contribution < -0.4 is 21.5 Å². The molecule has 0 fully saturated rings. The Morgan fingerprint density at radius 3 is 2.49 bits per heavy atom. The average Bonchev–Trinajstić information content (AvgIpc) is 2.81. The van der Waals surface area contributed by atoms with Gasteiger partial charge in [-0.05, 0) is 36.4 Å². The number of carbonyl (C=O) groups is 1. The number of benzene rings is 2. The van der Waals surface area contributed by atoms with Gasteiger partial charge in [0, 0.05) is 41.5 Å². The fraction of sp³-hybridized carbons (Fsp3) is 0.125. The molecule has 0 atom stereocenters. The van der Waals surface area contributed by atoms with Gasteiger partial charge in [-0.25, -0.2) is 18.6 Å². The molecule has 0 aliphatic carbocycles. The number of nitrogens with zero attached hydrogens (tertiary/aromatic N) is 2. The van der Waals surface area contributed by atoms with Gasteiger partial charge in [0.25, 0.3) is 5.56 Å². The number of urea groups is 1. The molecular formula is C24H17ClF5N5O2. The van der Waals surface area contributed by atoms with Crippen LogP contribution in [-0.2, 0) is 6.54 Å². The zero-order chi connectivity index (χ0) is 26.9. The van der Waals surface area contributed by atoms with E-state index in [-0.39, 0.29) is 38.6 Å². The number of hydrogen-bond acceptors (Lipinski definition) is 4. The van der Waals surface area contributed by atoms with Crippen LogP contribution in [0.25, 0.3) is 22.0 Å². The van der Waals surface area contributed by atoms with Crippen LogP contribution >= 0.6 is 11.6 Å². The van der Waals surface area contributed by atoms with Crippen LogP contribution in [0.5, 0.6) is 0 Å². The molecule has 7 nitrogen and oxygen atoms in total. The summed E-state index contributed by atoms with van der Waals surface area (Å²) in [4.78, 5) is 29.7. The summed E-state index contributed by atoms with van der Waals surface area (Å²) in [6, 6.07) is 8.44. The summed E-state index contributed by atoms with van der Waals surface area (Å²) in [5.41, 5.74) is -1.79. The fourth-order valence-corrected chi connectivity index (χ4v) is 3.89. The molecule has 2 amide bonds. The third-order valence-corrected chi connectivity index (χ3v) is 5.56. The normalized spacial score (nSPS) is 11.4. The van der Waals surface area contributed by atoms with Crippen molar-refractivity contribution in [3.8, 4) is 11.1 Å². The second-order valence-corrected chi connectivity index (χ2v) is 8.25. The molecule has 4 aromatic rings. The molecule has 192 valence electrons. The van der Waals surface area contributed by atoms with Crippen LogP contribution in [-0.4, -0.2) is 28.8 Å². The van der Waals surface area contributed by atoms with Gasteiger partial charge in [-0.15, -0.1) is 0 Å². The van der Waals surface area contributed by atoms with E-state index >= 15 is 0 Å². The van der Waals surface area contributed by atoms with Crippen molar-refractivity contribution in [1.29, 1.82) is 0 Å². The number of pyridine rings is 2. The van der Waals surface area contributed by atoms with Crippen LogP contribution in [0, 0.1) is 11.6 Å². The van der Waals surface area contributed by atoms with Crippen molar-refractivity contribution in [3.05, 3.63) is 81.7 Å². The molecule has 0 unspecified atom stereocenters. The number of alkyl halides is 3. The first-order valence-electron chi connectivity index (χ1n) is 10.6. The molecule has 0 saturated carbocycles. The van der Waals surface area contributed by atoms with Crippen LogP contribution in [0.3, 0.4) is 0 Å². The lowest BCUT2D eigenvalue weighted by Crippen LogP contribution is -2.29. The van der Waals surface area contributed by atoms with E-state index in [1.54, 1.807) is 0 Å². The van der Waals surface area contributed by atoms with E-state index in [1.165, 1.54) is 43.6 Å². The smallest absolute Gasteiger partial charge is 0.373 e. The number of fused-ring (bicyclic) bond motifs is 1. The molecule has 3 N–H and O–H groups in total. The van der Waals surface area contributed by atoms with Gasteiger partial charge in [0.2, 0.25) is 0 Å². The molecule has 0 aliphatic heterocycles. The summed E-state index contributed by atoms with van der Waals surface area (Å²) >= 11 is 6.17. The highest BCUT2D eigenvalue weighted by Crippen LogP contribution is 2.33. The Morgan fingerprint density at radius 2 is 1.81 bits per heavy atom. The van der Waals surface area contributed by atoms with Gasteiger partial charge in [0.15, 0.2) is 0 Å². The highest BCUT2D eigenvalue weighted by atomic mass is 35.5. The summed E-state index contributed by atoms with van der Waals surface area (Å²) in [5, 5.41) is 7.16. The topological polar surface area (TPSA) is 88.1 Å². The highest BCUT2D eigenvalue weighted by molar-refractivity contribution is 6.33. The lowest BCUT2D eigenvalue weighted by atomic mass is 10.0. The second kappa shape index (κ2) is 10.1. The fourth-order valence-electron chi connectivity index (χ4n) is 3.64. The Balaban J connectivity index is 1.80. The third-order valence-electron chi connectivity index (χ3n) is 5.25. The number of carbonyl (C=O) groups excluding carboxylic acids is 1. The molecule has 2 aromatic heterocycles. The van der Waals surface area contributed by atoms with Crippen LogP contribution in [0.1, 0.15) is 0 Å². The van der Waals surface area contributed by atoms with Crippen molar-refractivity contribution < 1.29 is 26.7 Å². The molecule has 0 spiro atoms. The van der Waals surface area contributed by atoms with E-state index in [0.29, 0.717) is 4.57 Å². The molecule has 2 heterocycles. The van der Waals surface area contributed by atoms with E-state index in [2.05, 4.69) is 20.9 Å². The molecule has 0 aliphatic rings. The van der Waals surface area contributed by atoms with E-state index in [1.807, 2.05) is 0 Å². The van der Waals surface area contributed by atoms with Crippen molar-refractivity contribution in [1.82, 2.24) is 9.55 Å². The maximum atomic E-state index is 14.6. The van der Waals surface area contributed by atoms with Crippen molar-refractivity contribution in [2.24, 2.45) is 0 Å². The molecule has 0 radical (unpaired) electrons. The molecule has 2 aromatic carbocycles.